The Morgan fingerprint density at radius 3 is 2.70 bits per heavy atom. The highest BCUT2D eigenvalue weighted by atomic mass is 79.9. The Kier molecular flexibility index (Phi) is 5.15. The highest BCUT2D eigenvalue weighted by Gasteiger charge is 2.10. The Morgan fingerprint density at radius 1 is 1.30 bits per heavy atom. The Morgan fingerprint density at radius 2 is 2.05 bits per heavy atom. The lowest BCUT2D eigenvalue weighted by Crippen LogP contribution is -2.24. The van der Waals surface area contributed by atoms with Crippen molar-refractivity contribution < 1.29 is 4.79 Å². The third-order valence-electron chi connectivity index (χ3n) is 2.89. The lowest BCUT2D eigenvalue weighted by atomic mass is 10.1. The Labute approximate surface area is 131 Å². The average Bonchev–Trinajstić information content (AvgIpc) is 2.82. The first-order chi connectivity index (χ1) is 9.56. The van der Waals surface area contributed by atoms with Crippen molar-refractivity contribution in [1.29, 1.82) is 0 Å². The van der Waals surface area contributed by atoms with E-state index in [1.165, 1.54) is 4.88 Å². The van der Waals surface area contributed by atoms with E-state index >= 15 is 0 Å². The minimum atomic E-state index is -0.0840. The summed E-state index contributed by atoms with van der Waals surface area (Å²) < 4.78 is 1.01. The van der Waals surface area contributed by atoms with E-state index in [4.69, 9.17) is 0 Å². The molecule has 0 aliphatic rings. The quantitative estimate of drug-likeness (QED) is 0.795. The summed E-state index contributed by atoms with van der Waals surface area (Å²) in [6.45, 7) is 4.03. The summed E-state index contributed by atoms with van der Waals surface area (Å²) in [7, 11) is 0. The van der Waals surface area contributed by atoms with Gasteiger partial charge < -0.3 is 5.32 Å². The number of halogens is 1. The van der Waals surface area contributed by atoms with Crippen LogP contribution in [-0.4, -0.2) is 5.91 Å². The largest absolute Gasteiger partial charge is 0.346 e. The third-order valence-corrected chi connectivity index (χ3v) is 4.58. The van der Waals surface area contributed by atoms with Gasteiger partial charge in [0.05, 0.1) is 6.04 Å². The van der Waals surface area contributed by atoms with Crippen molar-refractivity contribution in [2.45, 2.75) is 19.9 Å². The molecule has 1 aromatic heterocycles. The van der Waals surface area contributed by atoms with E-state index in [1.54, 1.807) is 17.4 Å². The lowest BCUT2D eigenvalue weighted by Gasteiger charge is -2.14. The van der Waals surface area contributed by atoms with Crippen LogP contribution in [0.4, 0.5) is 0 Å². The minimum Gasteiger partial charge on any atom is -0.346 e. The van der Waals surface area contributed by atoms with Crippen molar-refractivity contribution in [2.75, 3.05) is 0 Å². The second-order valence-electron chi connectivity index (χ2n) is 4.53. The van der Waals surface area contributed by atoms with Gasteiger partial charge in [-0.2, -0.15) is 0 Å². The number of hydrogen-bond acceptors (Lipinski definition) is 2. The van der Waals surface area contributed by atoms with E-state index in [2.05, 4.69) is 28.2 Å². The fourth-order valence-electron chi connectivity index (χ4n) is 1.87. The van der Waals surface area contributed by atoms with Gasteiger partial charge in [-0.1, -0.05) is 34.1 Å². The molecule has 20 heavy (non-hydrogen) atoms. The Bertz CT molecular complexity index is 633. The molecule has 0 fully saturated rings. The van der Waals surface area contributed by atoms with Gasteiger partial charge in [0, 0.05) is 20.3 Å². The van der Waals surface area contributed by atoms with Crippen LogP contribution in [0.2, 0.25) is 0 Å². The zero-order chi connectivity index (χ0) is 14.5. The molecule has 0 bridgehead atoms. The summed E-state index contributed by atoms with van der Waals surface area (Å²) in [4.78, 5) is 14.2. The number of benzene rings is 1. The summed E-state index contributed by atoms with van der Waals surface area (Å²) in [5.74, 6) is -0.0840. The van der Waals surface area contributed by atoms with Gasteiger partial charge in [0.15, 0.2) is 0 Å². The van der Waals surface area contributed by atoms with Gasteiger partial charge in [-0.25, -0.2) is 0 Å². The zero-order valence-electron chi connectivity index (χ0n) is 11.4. The van der Waals surface area contributed by atoms with Crippen LogP contribution < -0.4 is 5.32 Å². The van der Waals surface area contributed by atoms with Crippen LogP contribution >= 0.6 is 27.3 Å². The maximum atomic E-state index is 11.9. The molecule has 0 saturated carbocycles. The third kappa shape index (κ3) is 4.05. The molecule has 2 aromatic rings. The van der Waals surface area contributed by atoms with Crippen molar-refractivity contribution >= 4 is 39.2 Å². The first kappa shape index (κ1) is 15.0. The number of aryl methyl sites for hydroxylation is 1. The van der Waals surface area contributed by atoms with Crippen LogP contribution in [0.1, 0.15) is 28.3 Å². The number of rotatable bonds is 4. The fourth-order valence-corrected chi connectivity index (χ4v) is 3.27. The minimum absolute atomic E-state index is 0.0344. The molecule has 1 N–H and O–H groups in total. The zero-order valence-corrected chi connectivity index (χ0v) is 13.8. The molecule has 0 saturated heterocycles. The normalized spacial score (nSPS) is 12.6. The molecular formula is C16H16BrNOS. The number of nitrogens with one attached hydrogen (secondary N) is 1. The van der Waals surface area contributed by atoms with Crippen molar-refractivity contribution in [3.8, 4) is 0 Å². The number of carbonyl (C=O) groups excluding carboxylic acids is 1. The lowest BCUT2D eigenvalue weighted by molar-refractivity contribution is -0.117. The Hall–Kier alpha value is -1.39. The number of carbonyl (C=O) groups is 1. The topological polar surface area (TPSA) is 29.1 Å². The highest BCUT2D eigenvalue weighted by Crippen LogP contribution is 2.22. The molecule has 1 heterocycles. The van der Waals surface area contributed by atoms with Crippen LogP contribution in [0.5, 0.6) is 0 Å². The summed E-state index contributed by atoms with van der Waals surface area (Å²) >= 11 is 5.17. The van der Waals surface area contributed by atoms with Crippen molar-refractivity contribution in [2.24, 2.45) is 0 Å². The molecule has 1 atom stereocenters. The number of thiophene rings is 1. The van der Waals surface area contributed by atoms with Crippen molar-refractivity contribution in [3.05, 3.63) is 62.3 Å². The summed E-state index contributed by atoms with van der Waals surface area (Å²) in [5.41, 5.74) is 1.07. The molecule has 1 aromatic carbocycles. The van der Waals surface area contributed by atoms with E-state index in [-0.39, 0.29) is 11.9 Å². The molecule has 2 rings (SSSR count). The maximum Gasteiger partial charge on any atom is 0.244 e. The molecule has 0 spiro atoms. The maximum absolute atomic E-state index is 11.9. The highest BCUT2D eigenvalue weighted by molar-refractivity contribution is 9.10. The summed E-state index contributed by atoms with van der Waals surface area (Å²) in [6.07, 6.45) is 3.43. The monoisotopic (exact) mass is 349 g/mol. The fraction of sp³-hybridized carbons (Fsp3) is 0.188. The first-order valence-electron chi connectivity index (χ1n) is 6.35. The second-order valence-corrected chi connectivity index (χ2v) is 6.71. The Balaban J connectivity index is 1.98. The van der Waals surface area contributed by atoms with Gasteiger partial charge >= 0.3 is 0 Å². The van der Waals surface area contributed by atoms with E-state index in [0.717, 1.165) is 14.9 Å². The molecule has 0 aliphatic carbocycles. The molecule has 4 heteroatoms. The van der Waals surface area contributed by atoms with E-state index in [9.17, 15) is 4.79 Å². The predicted molar refractivity (Wildman–Crippen MR) is 88.8 cm³/mol. The summed E-state index contributed by atoms with van der Waals surface area (Å²) in [5, 5.41) is 2.96. The van der Waals surface area contributed by atoms with Crippen molar-refractivity contribution in [1.82, 2.24) is 5.32 Å². The summed E-state index contributed by atoms with van der Waals surface area (Å²) in [6, 6.07) is 11.9. The number of hydrogen-bond donors (Lipinski definition) is 1. The molecule has 0 radical (unpaired) electrons. The SMILES string of the molecule is Cc1ccc(/C=C/C(=O)N[C@H](C)c2ccccc2Br)s1. The molecule has 104 valence electrons. The van der Waals surface area contributed by atoms with Crippen LogP contribution in [-0.2, 0) is 4.79 Å². The van der Waals surface area contributed by atoms with Crippen LogP contribution in [0.3, 0.4) is 0 Å². The van der Waals surface area contributed by atoms with E-state index in [1.807, 2.05) is 49.4 Å². The molecule has 0 unspecified atom stereocenters. The molecule has 0 aliphatic heterocycles. The number of amides is 1. The van der Waals surface area contributed by atoms with Crippen LogP contribution in [0.25, 0.3) is 6.08 Å². The standard InChI is InChI=1S/C16H16BrNOS/c1-11-7-8-13(20-11)9-10-16(19)18-12(2)14-5-3-4-6-15(14)17/h3-10,12H,1-2H3,(H,18,19)/b10-9+/t12-/m1/s1. The molecule has 2 nitrogen and oxygen atoms in total. The average molecular weight is 350 g/mol. The first-order valence-corrected chi connectivity index (χ1v) is 7.96. The van der Waals surface area contributed by atoms with Gasteiger partial charge in [0.25, 0.3) is 0 Å². The second kappa shape index (κ2) is 6.86. The smallest absolute Gasteiger partial charge is 0.244 e. The van der Waals surface area contributed by atoms with Gasteiger partial charge in [0.1, 0.15) is 0 Å². The molecule has 1 amide bonds. The van der Waals surface area contributed by atoms with Crippen molar-refractivity contribution in [3.63, 3.8) is 0 Å². The van der Waals surface area contributed by atoms with Gasteiger partial charge in [-0.15, -0.1) is 11.3 Å². The molecular weight excluding hydrogens is 334 g/mol. The van der Waals surface area contributed by atoms with E-state index in [0.29, 0.717) is 0 Å². The van der Waals surface area contributed by atoms with Gasteiger partial charge in [-0.3, -0.25) is 4.79 Å². The predicted octanol–water partition coefficient (Wildman–Crippen LogP) is 4.71. The van der Waals surface area contributed by atoms with Crippen LogP contribution in [0, 0.1) is 6.92 Å². The van der Waals surface area contributed by atoms with Gasteiger partial charge in [0.2, 0.25) is 5.91 Å². The van der Waals surface area contributed by atoms with Crippen LogP contribution in [0.15, 0.2) is 46.9 Å². The van der Waals surface area contributed by atoms with E-state index < -0.39 is 0 Å². The van der Waals surface area contributed by atoms with Gasteiger partial charge in [-0.05, 0) is 43.7 Å².